The summed E-state index contributed by atoms with van der Waals surface area (Å²) in [6, 6.07) is 11.6. The summed E-state index contributed by atoms with van der Waals surface area (Å²) in [4.78, 5) is 26.7. The van der Waals surface area contributed by atoms with Gasteiger partial charge in [-0.1, -0.05) is 6.07 Å². The molecule has 0 radical (unpaired) electrons. The molecule has 0 bridgehead atoms. The molecule has 0 aliphatic heterocycles. The fraction of sp³-hybridized carbons (Fsp3) is 0.208. The zero-order valence-corrected chi connectivity index (χ0v) is 19.9. The molecule has 11 nitrogen and oxygen atoms in total. The van der Waals surface area contributed by atoms with Gasteiger partial charge in [-0.25, -0.2) is 4.79 Å². The van der Waals surface area contributed by atoms with Gasteiger partial charge in [0.2, 0.25) is 11.9 Å². The number of ether oxygens (including phenoxy) is 4. The van der Waals surface area contributed by atoms with Crippen LogP contribution in [-0.2, 0) is 0 Å². The number of hydrogen-bond acceptors (Lipinski definition) is 11. The van der Waals surface area contributed by atoms with Gasteiger partial charge >= 0.3 is 5.97 Å². The Morgan fingerprint density at radius 3 is 2.23 bits per heavy atom. The van der Waals surface area contributed by atoms with E-state index in [-0.39, 0.29) is 34.4 Å². The van der Waals surface area contributed by atoms with Crippen LogP contribution in [0.4, 0.5) is 11.9 Å². The number of nitrogen functional groups attached to an aromatic ring is 1. The summed E-state index contributed by atoms with van der Waals surface area (Å²) in [5, 5.41) is 9.67. The monoisotopic (exact) mass is 476 g/mol. The predicted molar refractivity (Wildman–Crippen MR) is 130 cm³/mol. The number of rotatable bonds is 8. The average Bonchev–Trinajstić information content (AvgIpc) is 2.86. The molecule has 2 N–H and O–H groups in total. The second-order valence-electron chi connectivity index (χ2n) is 7.25. The maximum atomic E-state index is 12.7. The lowest BCUT2D eigenvalue weighted by Crippen LogP contribution is -2.15. The zero-order chi connectivity index (χ0) is 25.5. The van der Waals surface area contributed by atoms with Crippen LogP contribution >= 0.6 is 0 Å². The Kier molecular flexibility index (Phi) is 7.68. The predicted octanol–water partition coefficient (Wildman–Crippen LogP) is 2.83. The minimum Gasteiger partial charge on any atom is -0.493 e. The number of benzene rings is 2. The minimum atomic E-state index is -0.609. The van der Waals surface area contributed by atoms with Crippen LogP contribution in [0.2, 0.25) is 0 Å². The second kappa shape index (κ2) is 10.8. The summed E-state index contributed by atoms with van der Waals surface area (Å²) < 4.78 is 21.3. The fourth-order valence-electron chi connectivity index (χ4n) is 2.99. The number of nitrogens with two attached hydrogens (primary N) is 1. The molecule has 1 aromatic heterocycles. The second-order valence-corrected chi connectivity index (χ2v) is 7.25. The molecule has 0 aliphatic rings. The van der Waals surface area contributed by atoms with Crippen molar-refractivity contribution < 1.29 is 23.7 Å². The van der Waals surface area contributed by atoms with Gasteiger partial charge in [-0.3, -0.25) is 0 Å². The first-order valence-corrected chi connectivity index (χ1v) is 10.2. The number of aromatic nitrogens is 3. The standard InChI is InChI=1S/C24H24N6O5/c1-30(2)24-28-21(27-23(26)29-24)16(13-25)10-14-6-8-18(19(11-14)33-4)35-22(31)15-7-9-17(32-3)20(12-15)34-5/h6-12H,1-5H3,(H2,26,27,28,29)/b16-10+. The summed E-state index contributed by atoms with van der Waals surface area (Å²) >= 11 is 0. The smallest absolute Gasteiger partial charge is 0.343 e. The molecule has 3 rings (SSSR count). The number of methoxy groups -OCH3 is 3. The highest BCUT2D eigenvalue weighted by atomic mass is 16.6. The Bertz CT molecular complexity index is 1320. The zero-order valence-electron chi connectivity index (χ0n) is 19.9. The Labute approximate surface area is 202 Å². The van der Waals surface area contributed by atoms with Crippen molar-refractivity contribution in [3.63, 3.8) is 0 Å². The summed E-state index contributed by atoms with van der Waals surface area (Å²) in [5.41, 5.74) is 6.79. The highest BCUT2D eigenvalue weighted by Gasteiger charge is 2.16. The highest BCUT2D eigenvalue weighted by molar-refractivity contribution is 5.92. The quantitative estimate of drug-likeness (QED) is 0.291. The fourth-order valence-corrected chi connectivity index (χ4v) is 2.99. The highest BCUT2D eigenvalue weighted by Crippen LogP contribution is 2.32. The normalized spacial score (nSPS) is 10.8. The van der Waals surface area contributed by atoms with Crippen molar-refractivity contribution in [2.75, 3.05) is 46.1 Å². The van der Waals surface area contributed by atoms with Crippen LogP contribution in [-0.4, -0.2) is 56.3 Å². The third-order valence-corrected chi connectivity index (χ3v) is 4.72. The van der Waals surface area contributed by atoms with Crippen LogP contribution in [0.15, 0.2) is 36.4 Å². The SMILES string of the molecule is COc1ccc(C(=O)Oc2ccc(/C=C(\C#N)c3nc(N)nc(N(C)C)n3)cc2OC)cc1OC. The Morgan fingerprint density at radius 1 is 0.943 bits per heavy atom. The molecule has 180 valence electrons. The maximum absolute atomic E-state index is 12.7. The first kappa shape index (κ1) is 24.8. The number of anilines is 2. The number of carbonyl (C=O) groups is 1. The van der Waals surface area contributed by atoms with E-state index in [1.165, 1.54) is 27.4 Å². The molecule has 0 saturated carbocycles. The van der Waals surface area contributed by atoms with Gasteiger partial charge in [0, 0.05) is 14.1 Å². The third-order valence-electron chi connectivity index (χ3n) is 4.72. The number of allylic oxidation sites excluding steroid dienone is 1. The lowest BCUT2D eigenvalue weighted by molar-refractivity contribution is 0.0729. The number of nitriles is 1. The molecular weight excluding hydrogens is 452 g/mol. The van der Waals surface area contributed by atoms with Crippen LogP contribution < -0.4 is 29.6 Å². The van der Waals surface area contributed by atoms with E-state index in [1.54, 1.807) is 55.4 Å². The van der Waals surface area contributed by atoms with Crippen molar-refractivity contribution in [2.24, 2.45) is 0 Å². The number of esters is 1. The third kappa shape index (κ3) is 5.75. The molecule has 0 atom stereocenters. The molecular formula is C24H24N6O5. The molecule has 1 heterocycles. The van der Waals surface area contributed by atoms with Crippen molar-refractivity contribution in [1.29, 1.82) is 5.26 Å². The van der Waals surface area contributed by atoms with E-state index in [4.69, 9.17) is 24.7 Å². The van der Waals surface area contributed by atoms with Crippen molar-refractivity contribution in [3.05, 3.63) is 53.3 Å². The molecule has 11 heteroatoms. The molecule has 3 aromatic rings. The largest absolute Gasteiger partial charge is 0.493 e. The van der Waals surface area contributed by atoms with Gasteiger partial charge in [0.15, 0.2) is 28.8 Å². The van der Waals surface area contributed by atoms with Gasteiger partial charge in [0.05, 0.1) is 32.5 Å². The Morgan fingerprint density at radius 2 is 1.60 bits per heavy atom. The van der Waals surface area contributed by atoms with Crippen LogP contribution in [0.1, 0.15) is 21.7 Å². The van der Waals surface area contributed by atoms with Gasteiger partial charge in [-0.15, -0.1) is 0 Å². The Hall–Kier alpha value is -4.85. The summed E-state index contributed by atoms with van der Waals surface area (Å²) in [6.07, 6.45) is 1.57. The van der Waals surface area contributed by atoms with Crippen LogP contribution in [0.25, 0.3) is 11.6 Å². The lowest BCUT2D eigenvalue weighted by Gasteiger charge is -2.12. The van der Waals surface area contributed by atoms with Crippen molar-refractivity contribution in [1.82, 2.24) is 15.0 Å². The van der Waals surface area contributed by atoms with Crippen LogP contribution in [0.3, 0.4) is 0 Å². The van der Waals surface area contributed by atoms with Crippen LogP contribution in [0.5, 0.6) is 23.0 Å². The minimum absolute atomic E-state index is 0.00477. The van der Waals surface area contributed by atoms with Gasteiger partial charge < -0.3 is 29.6 Å². The molecule has 0 aliphatic carbocycles. The molecule has 35 heavy (non-hydrogen) atoms. The van der Waals surface area contributed by atoms with Gasteiger partial charge in [-0.2, -0.15) is 20.2 Å². The molecule has 0 saturated heterocycles. The lowest BCUT2D eigenvalue weighted by atomic mass is 10.1. The topological polar surface area (TPSA) is 146 Å². The van der Waals surface area contributed by atoms with E-state index in [0.29, 0.717) is 23.0 Å². The van der Waals surface area contributed by atoms with E-state index in [2.05, 4.69) is 21.0 Å². The molecule has 0 spiro atoms. The first-order chi connectivity index (χ1) is 16.8. The van der Waals surface area contributed by atoms with E-state index in [9.17, 15) is 10.1 Å². The number of hydrogen-bond donors (Lipinski definition) is 1. The van der Waals surface area contributed by atoms with Gasteiger partial charge in [0.25, 0.3) is 0 Å². The van der Waals surface area contributed by atoms with E-state index in [1.807, 2.05) is 0 Å². The molecule has 2 aromatic carbocycles. The number of carbonyl (C=O) groups excluding carboxylic acids is 1. The maximum Gasteiger partial charge on any atom is 0.343 e. The van der Waals surface area contributed by atoms with E-state index in [0.717, 1.165) is 0 Å². The van der Waals surface area contributed by atoms with Crippen molar-refractivity contribution in [3.8, 4) is 29.1 Å². The summed E-state index contributed by atoms with van der Waals surface area (Å²) in [7, 11) is 7.93. The van der Waals surface area contributed by atoms with Crippen molar-refractivity contribution in [2.45, 2.75) is 0 Å². The van der Waals surface area contributed by atoms with E-state index < -0.39 is 5.97 Å². The molecule has 0 amide bonds. The van der Waals surface area contributed by atoms with E-state index >= 15 is 0 Å². The first-order valence-electron chi connectivity index (χ1n) is 10.2. The summed E-state index contributed by atoms with van der Waals surface area (Å²) in [6.45, 7) is 0. The van der Waals surface area contributed by atoms with Gasteiger partial charge in [0.1, 0.15) is 6.07 Å². The van der Waals surface area contributed by atoms with Gasteiger partial charge in [-0.05, 0) is 42.0 Å². The average molecular weight is 476 g/mol. The summed E-state index contributed by atoms with van der Waals surface area (Å²) in [5.74, 6) is 1.21. The number of nitrogens with zero attached hydrogens (tertiary/aromatic N) is 5. The Balaban J connectivity index is 1.90. The molecule has 0 unspecified atom stereocenters. The molecule has 0 fully saturated rings. The van der Waals surface area contributed by atoms with Crippen molar-refractivity contribution >= 4 is 29.5 Å². The van der Waals surface area contributed by atoms with Crippen LogP contribution in [0, 0.1) is 11.3 Å².